The molecule has 0 saturated carbocycles. The highest BCUT2D eigenvalue weighted by molar-refractivity contribution is 5.81. The molecule has 0 spiro atoms. The zero-order chi connectivity index (χ0) is 15.8. The molecule has 0 aliphatic rings. The Balaban J connectivity index is 2.54. The highest BCUT2D eigenvalue weighted by atomic mass is 16.2. The fourth-order valence-corrected chi connectivity index (χ4v) is 2.36. The summed E-state index contributed by atoms with van der Waals surface area (Å²) in [6.45, 7) is 11.3. The molecule has 1 aromatic rings. The third-order valence-electron chi connectivity index (χ3n) is 3.57. The molecule has 2 N–H and O–H groups in total. The van der Waals surface area contributed by atoms with E-state index in [0.717, 1.165) is 19.4 Å². The van der Waals surface area contributed by atoms with Crippen LogP contribution >= 0.6 is 0 Å². The average Bonchev–Trinajstić information content (AvgIpc) is 2.44. The average molecular weight is 290 g/mol. The van der Waals surface area contributed by atoms with E-state index in [1.165, 1.54) is 11.1 Å². The monoisotopic (exact) mass is 290 g/mol. The molecule has 118 valence electrons. The van der Waals surface area contributed by atoms with E-state index in [9.17, 15) is 4.79 Å². The third kappa shape index (κ3) is 6.30. The Labute approximate surface area is 129 Å². The van der Waals surface area contributed by atoms with Crippen molar-refractivity contribution in [2.75, 3.05) is 6.54 Å². The topological polar surface area (TPSA) is 41.1 Å². The van der Waals surface area contributed by atoms with Crippen LogP contribution in [0.3, 0.4) is 0 Å². The zero-order valence-electron chi connectivity index (χ0n) is 14.1. The summed E-state index contributed by atoms with van der Waals surface area (Å²) in [6.07, 6.45) is 2.07. The summed E-state index contributed by atoms with van der Waals surface area (Å²) >= 11 is 0. The molecule has 0 bridgehead atoms. The van der Waals surface area contributed by atoms with Crippen molar-refractivity contribution in [2.45, 2.75) is 59.5 Å². The van der Waals surface area contributed by atoms with Crippen LogP contribution in [0, 0.1) is 5.92 Å². The van der Waals surface area contributed by atoms with Gasteiger partial charge < -0.3 is 5.32 Å². The van der Waals surface area contributed by atoms with Crippen molar-refractivity contribution in [1.29, 1.82) is 0 Å². The van der Waals surface area contributed by atoms with Crippen molar-refractivity contribution in [1.82, 2.24) is 10.6 Å². The van der Waals surface area contributed by atoms with Crippen LogP contribution in [-0.4, -0.2) is 18.5 Å². The fourth-order valence-electron chi connectivity index (χ4n) is 2.36. The standard InChI is InChI=1S/C18H30N2O/c1-6-11-19-18(21)15(5)20-14(4)17-9-7-16(8-10-17)12-13(2)3/h7-10,13-15,20H,6,11-12H2,1-5H3,(H,19,21). The highest BCUT2D eigenvalue weighted by Gasteiger charge is 2.15. The van der Waals surface area contributed by atoms with Crippen LogP contribution in [0.1, 0.15) is 58.2 Å². The van der Waals surface area contributed by atoms with Crippen LogP contribution in [0.15, 0.2) is 24.3 Å². The second-order valence-corrected chi connectivity index (χ2v) is 6.24. The fraction of sp³-hybridized carbons (Fsp3) is 0.611. The summed E-state index contributed by atoms with van der Waals surface area (Å²) in [4.78, 5) is 11.9. The van der Waals surface area contributed by atoms with Crippen LogP contribution in [0.2, 0.25) is 0 Å². The molecule has 0 aromatic heterocycles. The molecule has 1 amide bonds. The summed E-state index contributed by atoms with van der Waals surface area (Å²) in [7, 11) is 0. The number of benzene rings is 1. The molecule has 1 aromatic carbocycles. The van der Waals surface area contributed by atoms with Crippen molar-refractivity contribution in [3.8, 4) is 0 Å². The lowest BCUT2D eigenvalue weighted by Crippen LogP contribution is -2.43. The van der Waals surface area contributed by atoms with Crippen molar-refractivity contribution < 1.29 is 4.79 Å². The molecule has 3 nitrogen and oxygen atoms in total. The lowest BCUT2D eigenvalue weighted by molar-refractivity contribution is -0.122. The van der Waals surface area contributed by atoms with Gasteiger partial charge in [0.25, 0.3) is 0 Å². The molecule has 2 unspecified atom stereocenters. The Morgan fingerprint density at radius 3 is 2.24 bits per heavy atom. The number of amides is 1. The zero-order valence-corrected chi connectivity index (χ0v) is 14.1. The first kappa shape index (κ1) is 17.7. The minimum atomic E-state index is -0.179. The number of carbonyl (C=O) groups is 1. The summed E-state index contributed by atoms with van der Waals surface area (Å²) in [6, 6.07) is 8.69. The Kier molecular flexibility index (Phi) is 7.44. The maximum Gasteiger partial charge on any atom is 0.236 e. The van der Waals surface area contributed by atoms with Gasteiger partial charge in [0.05, 0.1) is 6.04 Å². The van der Waals surface area contributed by atoms with Crippen LogP contribution in [-0.2, 0) is 11.2 Å². The maximum absolute atomic E-state index is 11.9. The Hall–Kier alpha value is -1.35. The molecule has 3 heteroatoms. The van der Waals surface area contributed by atoms with Crippen molar-refractivity contribution in [2.24, 2.45) is 5.92 Å². The van der Waals surface area contributed by atoms with Gasteiger partial charge in [0, 0.05) is 12.6 Å². The van der Waals surface area contributed by atoms with E-state index in [1.54, 1.807) is 0 Å². The van der Waals surface area contributed by atoms with Gasteiger partial charge in [-0.25, -0.2) is 0 Å². The molecule has 0 saturated heterocycles. The molecule has 2 atom stereocenters. The minimum absolute atomic E-state index is 0.0696. The normalized spacial score (nSPS) is 14.0. The highest BCUT2D eigenvalue weighted by Crippen LogP contribution is 2.16. The first-order valence-electron chi connectivity index (χ1n) is 8.06. The molecule has 0 aliphatic heterocycles. The lowest BCUT2D eigenvalue weighted by Gasteiger charge is -2.20. The number of hydrogen-bond donors (Lipinski definition) is 2. The molecule has 0 radical (unpaired) electrons. The van der Waals surface area contributed by atoms with Gasteiger partial charge in [-0.15, -0.1) is 0 Å². The molecular formula is C18H30N2O. The molecule has 0 heterocycles. The first-order chi connectivity index (χ1) is 9.93. The summed E-state index contributed by atoms with van der Waals surface area (Å²) in [5.41, 5.74) is 2.59. The van der Waals surface area contributed by atoms with Crippen LogP contribution in [0.5, 0.6) is 0 Å². The Morgan fingerprint density at radius 2 is 1.71 bits per heavy atom. The number of carbonyl (C=O) groups excluding carboxylic acids is 1. The van der Waals surface area contributed by atoms with Gasteiger partial charge in [-0.2, -0.15) is 0 Å². The first-order valence-corrected chi connectivity index (χ1v) is 8.06. The van der Waals surface area contributed by atoms with Crippen molar-refractivity contribution in [3.05, 3.63) is 35.4 Å². The SMILES string of the molecule is CCCNC(=O)C(C)NC(C)c1ccc(CC(C)C)cc1. The minimum Gasteiger partial charge on any atom is -0.355 e. The molecular weight excluding hydrogens is 260 g/mol. The Morgan fingerprint density at radius 1 is 1.10 bits per heavy atom. The van der Waals surface area contributed by atoms with Gasteiger partial charge in [-0.1, -0.05) is 45.0 Å². The summed E-state index contributed by atoms with van der Waals surface area (Å²) in [5, 5.41) is 6.27. The summed E-state index contributed by atoms with van der Waals surface area (Å²) < 4.78 is 0. The smallest absolute Gasteiger partial charge is 0.236 e. The maximum atomic E-state index is 11.9. The van der Waals surface area contributed by atoms with Gasteiger partial charge in [0.2, 0.25) is 5.91 Å². The van der Waals surface area contributed by atoms with Gasteiger partial charge in [0.1, 0.15) is 0 Å². The van der Waals surface area contributed by atoms with Crippen molar-refractivity contribution >= 4 is 5.91 Å². The van der Waals surface area contributed by atoms with E-state index >= 15 is 0 Å². The van der Waals surface area contributed by atoms with Crippen LogP contribution < -0.4 is 10.6 Å². The molecule has 21 heavy (non-hydrogen) atoms. The van der Waals surface area contributed by atoms with Gasteiger partial charge in [-0.3, -0.25) is 10.1 Å². The van der Waals surface area contributed by atoms with Crippen LogP contribution in [0.4, 0.5) is 0 Å². The lowest BCUT2D eigenvalue weighted by atomic mass is 9.99. The van der Waals surface area contributed by atoms with Gasteiger partial charge in [-0.05, 0) is 43.7 Å². The van der Waals surface area contributed by atoms with E-state index in [4.69, 9.17) is 0 Å². The van der Waals surface area contributed by atoms with E-state index < -0.39 is 0 Å². The quantitative estimate of drug-likeness (QED) is 0.770. The molecule has 0 fully saturated rings. The number of rotatable bonds is 8. The second kappa shape index (κ2) is 8.83. The van der Waals surface area contributed by atoms with E-state index in [1.807, 2.05) is 6.92 Å². The number of hydrogen-bond acceptors (Lipinski definition) is 2. The molecule has 1 rings (SSSR count). The van der Waals surface area contributed by atoms with Gasteiger partial charge >= 0.3 is 0 Å². The third-order valence-corrected chi connectivity index (χ3v) is 3.57. The van der Waals surface area contributed by atoms with Crippen LogP contribution in [0.25, 0.3) is 0 Å². The van der Waals surface area contributed by atoms with E-state index in [0.29, 0.717) is 5.92 Å². The summed E-state index contributed by atoms with van der Waals surface area (Å²) in [5.74, 6) is 0.744. The predicted octanol–water partition coefficient (Wildman–Crippen LogP) is 3.45. The van der Waals surface area contributed by atoms with Gasteiger partial charge in [0.15, 0.2) is 0 Å². The predicted molar refractivity (Wildman–Crippen MR) is 89.3 cm³/mol. The number of nitrogens with one attached hydrogen (secondary N) is 2. The van der Waals surface area contributed by atoms with E-state index in [2.05, 4.69) is 62.6 Å². The van der Waals surface area contributed by atoms with E-state index in [-0.39, 0.29) is 18.0 Å². The second-order valence-electron chi connectivity index (χ2n) is 6.24. The Bertz CT molecular complexity index is 425. The largest absolute Gasteiger partial charge is 0.355 e. The molecule has 0 aliphatic carbocycles. The van der Waals surface area contributed by atoms with Crippen molar-refractivity contribution in [3.63, 3.8) is 0 Å².